The van der Waals surface area contributed by atoms with Crippen molar-refractivity contribution in [1.82, 2.24) is 10.3 Å². The van der Waals surface area contributed by atoms with Crippen molar-refractivity contribution in [3.63, 3.8) is 0 Å². The lowest BCUT2D eigenvalue weighted by molar-refractivity contribution is -0.121. The molecule has 1 unspecified atom stereocenters. The highest BCUT2D eigenvalue weighted by Gasteiger charge is 2.18. The Morgan fingerprint density at radius 3 is 2.75 bits per heavy atom. The lowest BCUT2D eigenvalue weighted by atomic mass is 10.1. The van der Waals surface area contributed by atoms with E-state index in [1.165, 1.54) is 11.3 Å². The fraction of sp³-hybridized carbons (Fsp3) is 0.222. The lowest BCUT2D eigenvalue weighted by Gasteiger charge is -2.16. The number of aliphatic hydroxyl groups excluding tert-OH is 1. The molecule has 0 fully saturated rings. The van der Waals surface area contributed by atoms with Crippen molar-refractivity contribution in [1.29, 1.82) is 0 Å². The maximum atomic E-state index is 12.3. The Morgan fingerprint density at radius 2 is 2.08 bits per heavy atom. The third kappa shape index (κ3) is 3.72. The quantitative estimate of drug-likeness (QED) is 0.722. The van der Waals surface area contributed by atoms with Gasteiger partial charge in [-0.25, -0.2) is 4.98 Å². The Labute approximate surface area is 144 Å². The number of rotatable bonds is 6. The zero-order valence-corrected chi connectivity index (χ0v) is 14.0. The summed E-state index contributed by atoms with van der Waals surface area (Å²) in [6, 6.07) is 12.8. The second-order valence-corrected chi connectivity index (χ2v) is 6.34. The second kappa shape index (κ2) is 7.42. The van der Waals surface area contributed by atoms with Gasteiger partial charge >= 0.3 is 0 Å². The molecular formula is C18H18N2O3S. The van der Waals surface area contributed by atoms with Gasteiger partial charge in [0.05, 0.1) is 29.6 Å². The van der Waals surface area contributed by atoms with Crippen molar-refractivity contribution in [2.24, 2.45) is 0 Å². The molecule has 3 rings (SSSR count). The second-order valence-electron chi connectivity index (χ2n) is 5.39. The fourth-order valence-corrected chi connectivity index (χ4v) is 3.06. The van der Waals surface area contributed by atoms with Crippen LogP contribution < -0.4 is 5.32 Å². The van der Waals surface area contributed by atoms with Crippen LogP contribution in [0, 0.1) is 6.92 Å². The predicted octanol–water partition coefficient (Wildman–Crippen LogP) is 3.10. The zero-order chi connectivity index (χ0) is 16.9. The van der Waals surface area contributed by atoms with E-state index in [1.807, 2.05) is 47.8 Å². The lowest BCUT2D eigenvalue weighted by Crippen LogP contribution is -2.32. The van der Waals surface area contributed by atoms with Crippen LogP contribution in [-0.4, -0.2) is 22.6 Å². The van der Waals surface area contributed by atoms with Crippen molar-refractivity contribution >= 4 is 17.2 Å². The maximum Gasteiger partial charge on any atom is 0.236 e. The van der Waals surface area contributed by atoms with Gasteiger partial charge < -0.3 is 14.8 Å². The SMILES string of the molecule is Cc1oc(-c2cccs2)nc1CC(=O)NC(CO)c1ccccc1. The number of aryl methyl sites for hydroxylation is 1. The molecule has 1 amide bonds. The first kappa shape index (κ1) is 16.4. The number of nitrogens with one attached hydrogen (secondary N) is 1. The summed E-state index contributed by atoms with van der Waals surface area (Å²) in [7, 11) is 0. The Hall–Kier alpha value is -2.44. The molecular weight excluding hydrogens is 324 g/mol. The minimum atomic E-state index is -0.428. The highest BCUT2D eigenvalue weighted by atomic mass is 32.1. The van der Waals surface area contributed by atoms with E-state index in [-0.39, 0.29) is 18.9 Å². The number of amides is 1. The predicted molar refractivity (Wildman–Crippen MR) is 92.7 cm³/mol. The van der Waals surface area contributed by atoms with E-state index in [4.69, 9.17) is 4.42 Å². The first-order valence-corrected chi connectivity index (χ1v) is 8.50. The zero-order valence-electron chi connectivity index (χ0n) is 13.2. The van der Waals surface area contributed by atoms with Gasteiger partial charge in [0.1, 0.15) is 5.76 Å². The van der Waals surface area contributed by atoms with Crippen LogP contribution in [0.15, 0.2) is 52.3 Å². The van der Waals surface area contributed by atoms with Gasteiger partial charge in [0.2, 0.25) is 11.8 Å². The molecule has 0 bridgehead atoms. The standard InChI is InChI=1S/C18H18N2O3S/c1-12-14(20-18(23-12)16-8-5-9-24-16)10-17(22)19-15(11-21)13-6-3-2-4-7-13/h2-9,15,21H,10-11H2,1H3,(H,19,22). The topological polar surface area (TPSA) is 75.4 Å². The molecule has 2 aromatic heterocycles. The highest BCUT2D eigenvalue weighted by molar-refractivity contribution is 7.13. The number of thiophene rings is 1. The van der Waals surface area contributed by atoms with Crippen LogP contribution in [0.5, 0.6) is 0 Å². The largest absolute Gasteiger partial charge is 0.440 e. The van der Waals surface area contributed by atoms with E-state index < -0.39 is 6.04 Å². The molecule has 1 atom stereocenters. The van der Waals surface area contributed by atoms with Gasteiger partial charge in [-0.2, -0.15) is 0 Å². The maximum absolute atomic E-state index is 12.3. The number of hydrogen-bond acceptors (Lipinski definition) is 5. The van der Waals surface area contributed by atoms with Crippen molar-refractivity contribution < 1.29 is 14.3 Å². The smallest absolute Gasteiger partial charge is 0.236 e. The molecule has 0 saturated carbocycles. The molecule has 2 N–H and O–H groups in total. The summed E-state index contributed by atoms with van der Waals surface area (Å²) in [5, 5.41) is 14.3. The van der Waals surface area contributed by atoms with Crippen LogP contribution in [0.2, 0.25) is 0 Å². The molecule has 0 radical (unpaired) electrons. The van der Waals surface area contributed by atoms with Gasteiger partial charge in [0.25, 0.3) is 0 Å². The highest BCUT2D eigenvalue weighted by Crippen LogP contribution is 2.26. The summed E-state index contributed by atoms with van der Waals surface area (Å²) >= 11 is 1.54. The van der Waals surface area contributed by atoms with Gasteiger partial charge in [-0.1, -0.05) is 36.4 Å². The van der Waals surface area contributed by atoms with Crippen LogP contribution >= 0.6 is 11.3 Å². The Bertz CT molecular complexity index is 797. The van der Waals surface area contributed by atoms with Crippen LogP contribution in [0.1, 0.15) is 23.1 Å². The molecule has 0 aliphatic carbocycles. The number of nitrogens with zero attached hydrogens (tertiary/aromatic N) is 1. The van der Waals surface area contributed by atoms with Crippen molar-refractivity contribution in [3.8, 4) is 10.8 Å². The number of benzene rings is 1. The molecule has 1 aromatic carbocycles. The number of carbonyl (C=O) groups is 1. The minimum absolute atomic E-state index is 0.115. The molecule has 124 valence electrons. The van der Waals surface area contributed by atoms with Crippen molar-refractivity contribution in [2.75, 3.05) is 6.61 Å². The average Bonchev–Trinajstić information content (AvgIpc) is 3.24. The van der Waals surface area contributed by atoms with Crippen LogP contribution in [0.3, 0.4) is 0 Å². The monoisotopic (exact) mass is 342 g/mol. The molecule has 0 aliphatic heterocycles. The van der Waals surface area contributed by atoms with Gasteiger partial charge in [-0.15, -0.1) is 11.3 Å². The number of oxazole rings is 1. The Balaban J connectivity index is 1.69. The first-order valence-electron chi connectivity index (χ1n) is 7.62. The Kier molecular flexibility index (Phi) is 5.08. The van der Waals surface area contributed by atoms with Gasteiger partial charge in [0.15, 0.2) is 0 Å². The number of carbonyl (C=O) groups excluding carboxylic acids is 1. The van der Waals surface area contributed by atoms with Crippen LogP contribution in [0.25, 0.3) is 10.8 Å². The van der Waals surface area contributed by atoms with Crippen LogP contribution in [-0.2, 0) is 11.2 Å². The molecule has 0 spiro atoms. The summed E-state index contributed by atoms with van der Waals surface area (Å²) in [4.78, 5) is 17.7. The van der Waals surface area contributed by atoms with Gasteiger partial charge in [0, 0.05) is 0 Å². The molecule has 6 heteroatoms. The fourth-order valence-electron chi connectivity index (χ4n) is 2.41. The number of aliphatic hydroxyl groups is 1. The average molecular weight is 342 g/mol. The molecule has 0 aliphatic rings. The summed E-state index contributed by atoms with van der Waals surface area (Å²) in [5.74, 6) is 0.966. The summed E-state index contributed by atoms with van der Waals surface area (Å²) in [6.45, 7) is 1.64. The van der Waals surface area contributed by atoms with Crippen molar-refractivity contribution in [2.45, 2.75) is 19.4 Å². The molecule has 24 heavy (non-hydrogen) atoms. The summed E-state index contributed by atoms with van der Waals surface area (Å²) < 4.78 is 5.65. The molecule has 3 aromatic rings. The van der Waals surface area contributed by atoms with E-state index in [0.717, 1.165) is 10.4 Å². The molecule has 0 saturated heterocycles. The number of hydrogen-bond donors (Lipinski definition) is 2. The Morgan fingerprint density at radius 1 is 1.29 bits per heavy atom. The van der Waals surface area contributed by atoms with E-state index >= 15 is 0 Å². The minimum Gasteiger partial charge on any atom is -0.440 e. The van der Waals surface area contributed by atoms with Crippen molar-refractivity contribution in [3.05, 3.63) is 64.9 Å². The third-order valence-electron chi connectivity index (χ3n) is 3.67. The molecule has 5 nitrogen and oxygen atoms in total. The summed E-state index contributed by atoms with van der Waals surface area (Å²) in [6.07, 6.45) is 0.115. The summed E-state index contributed by atoms with van der Waals surface area (Å²) in [5.41, 5.74) is 1.48. The van der Waals surface area contributed by atoms with Gasteiger partial charge in [-0.05, 0) is 23.9 Å². The molecule has 2 heterocycles. The first-order chi connectivity index (χ1) is 11.7. The van der Waals surface area contributed by atoms with Crippen LogP contribution in [0.4, 0.5) is 0 Å². The number of aromatic nitrogens is 1. The van der Waals surface area contributed by atoms with Gasteiger partial charge in [-0.3, -0.25) is 4.79 Å². The normalized spacial score (nSPS) is 12.1. The van der Waals surface area contributed by atoms with E-state index in [1.54, 1.807) is 6.92 Å². The third-order valence-corrected chi connectivity index (χ3v) is 4.53. The van der Waals surface area contributed by atoms with E-state index in [9.17, 15) is 9.90 Å². The van der Waals surface area contributed by atoms with E-state index in [0.29, 0.717) is 17.3 Å². The van der Waals surface area contributed by atoms with E-state index in [2.05, 4.69) is 10.3 Å².